The Kier molecular flexibility index (Phi) is 3.09. The second-order valence-electron chi connectivity index (χ2n) is 4.36. The summed E-state index contributed by atoms with van der Waals surface area (Å²) in [7, 11) is 2.04. The third-order valence-electron chi connectivity index (χ3n) is 2.95. The third kappa shape index (κ3) is 2.44. The lowest BCUT2D eigenvalue weighted by molar-refractivity contribution is 0.481. The Bertz CT molecular complexity index is 517. The van der Waals surface area contributed by atoms with Crippen LogP contribution in [0.5, 0.6) is 0 Å². The molecule has 1 aromatic carbocycles. The van der Waals surface area contributed by atoms with Crippen LogP contribution in [0.25, 0.3) is 0 Å². The Labute approximate surface area is 102 Å². The summed E-state index contributed by atoms with van der Waals surface area (Å²) in [6.07, 6.45) is 0. The number of rotatable bonds is 3. The van der Waals surface area contributed by atoms with Gasteiger partial charge in [-0.1, -0.05) is 6.07 Å². The van der Waals surface area contributed by atoms with Crippen LogP contribution in [-0.2, 0) is 6.54 Å². The number of furan rings is 1. The molecule has 0 atom stereocenters. The van der Waals surface area contributed by atoms with Gasteiger partial charge in [-0.3, -0.25) is 0 Å². The molecule has 3 heteroatoms. The molecule has 90 valence electrons. The summed E-state index contributed by atoms with van der Waals surface area (Å²) >= 11 is 0. The third-order valence-corrected chi connectivity index (χ3v) is 2.95. The van der Waals surface area contributed by atoms with Gasteiger partial charge >= 0.3 is 0 Å². The van der Waals surface area contributed by atoms with E-state index in [2.05, 4.69) is 11.0 Å². The van der Waals surface area contributed by atoms with Crippen LogP contribution in [0.2, 0.25) is 0 Å². The van der Waals surface area contributed by atoms with Crippen molar-refractivity contribution in [3.05, 3.63) is 47.4 Å². The maximum Gasteiger partial charge on any atom is 0.123 e. The highest BCUT2D eigenvalue weighted by Gasteiger charge is 2.08. The summed E-state index contributed by atoms with van der Waals surface area (Å²) in [5.74, 6) is 1.91. The minimum absolute atomic E-state index is 0.748. The van der Waals surface area contributed by atoms with E-state index in [0.717, 1.165) is 35.0 Å². The largest absolute Gasteiger partial charge is 0.464 e. The fourth-order valence-corrected chi connectivity index (χ4v) is 1.94. The molecule has 17 heavy (non-hydrogen) atoms. The Morgan fingerprint density at radius 3 is 2.59 bits per heavy atom. The molecule has 0 fully saturated rings. The Morgan fingerprint density at radius 1 is 1.18 bits per heavy atom. The molecule has 0 unspecified atom stereocenters. The van der Waals surface area contributed by atoms with Crippen LogP contribution in [0.3, 0.4) is 0 Å². The van der Waals surface area contributed by atoms with Gasteiger partial charge in [0.15, 0.2) is 0 Å². The first-order valence-electron chi connectivity index (χ1n) is 5.69. The molecule has 0 aliphatic rings. The van der Waals surface area contributed by atoms with Gasteiger partial charge in [-0.05, 0) is 43.7 Å². The second kappa shape index (κ2) is 4.53. The van der Waals surface area contributed by atoms with Crippen LogP contribution < -0.4 is 10.6 Å². The predicted octanol–water partition coefficient (Wildman–Crippen LogP) is 3.12. The highest BCUT2D eigenvalue weighted by atomic mass is 16.3. The molecule has 0 spiro atoms. The second-order valence-corrected chi connectivity index (χ2v) is 4.36. The van der Waals surface area contributed by atoms with Crippen molar-refractivity contribution in [3.8, 4) is 0 Å². The number of nitrogens with zero attached hydrogens (tertiary/aromatic N) is 1. The normalized spacial score (nSPS) is 10.5. The average Bonchev–Trinajstić information content (AvgIpc) is 2.68. The van der Waals surface area contributed by atoms with Crippen molar-refractivity contribution in [1.82, 2.24) is 0 Å². The zero-order chi connectivity index (χ0) is 12.4. The van der Waals surface area contributed by atoms with Crippen LogP contribution in [-0.4, -0.2) is 7.05 Å². The zero-order valence-corrected chi connectivity index (χ0v) is 10.5. The Hall–Kier alpha value is -1.90. The zero-order valence-electron chi connectivity index (χ0n) is 10.5. The molecule has 0 bridgehead atoms. The van der Waals surface area contributed by atoms with Gasteiger partial charge < -0.3 is 15.1 Å². The predicted molar refractivity (Wildman–Crippen MR) is 71.1 cm³/mol. The van der Waals surface area contributed by atoms with Gasteiger partial charge in [0.1, 0.15) is 11.5 Å². The molecule has 1 aromatic heterocycles. The van der Waals surface area contributed by atoms with E-state index in [1.807, 2.05) is 45.2 Å². The van der Waals surface area contributed by atoms with E-state index >= 15 is 0 Å². The van der Waals surface area contributed by atoms with Crippen molar-refractivity contribution in [1.29, 1.82) is 0 Å². The SMILES string of the molecule is Cc1ccc(CN(C)c2cccc(N)c2C)o1. The Balaban J connectivity index is 2.20. The van der Waals surface area contributed by atoms with E-state index in [1.54, 1.807) is 0 Å². The van der Waals surface area contributed by atoms with Crippen molar-refractivity contribution in [3.63, 3.8) is 0 Å². The minimum atomic E-state index is 0.748. The van der Waals surface area contributed by atoms with E-state index in [0.29, 0.717) is 0 Å². The number of anilines is 2. The number of nitrogen functional groups attached to an aromatic ring is 1. The molecule has 0 amide bonds. The number of nitrogens with two attached hydrogens (primary N) is 1. The summed E-state index contributed by atoms with van der Waals surface area (Å²) in [5.41, 5.74) is 8.98. The smallest absolute Gasteiger partial charge is 0.123 e. The van der Waals surface area contributed by atoms with E-state index in [4.69, 9.17) is 10.2 Å². The van der Waals surface area contributed by atoms with E-state index < -0.39 is 0 Å². The van der Waals surface area contributed by atoms with Gasteiger partial charge in [-0.25, -0.2) is 0 Å². The lowest BCUT2D eigenvalue weighted by Gasteiger charge is -2.21. The number of aryl methyl sites for hydroxylation is 1. The van der Waals surface area contributed by atoms with Crippen LogP contribution in [0, 0.1) is 13.8 Å². The standard InChI is InChI=1S/C14H18N2O/c1-10-7-8-12(17-10)9-16(3)14-6-4-5-13(15)11(14)2/h4-8H,9,15H2,1-3H3. The molecule has 0 saturated carbocycles. The van der Waals surface area contributed by atoms with Gasteiger partial charge in [-0.2, -0.15) is 0 Å². The molecular formula is C14H18N2O. The van der Waals surface area contributed by atoms with E-state index in [1.165, 1.54) is 0 Å². The quantitative estimate of drug-likeness (QED) is 0.824. The monoisotopic (exact) mass is 230 g/mol. The van der Waals surface area contributed by atoms with Crippen molar-refractivity contribution in [2.45, 2.75) is 20.4 Å². The minimum Gasteiger partial charge on any atom is -0.464 e. The summed E-state index contributed by atoms with van der Waals surface area (Å²) in [6.45, 7) is 4.74. The van der Waals surface area contributed by atoms with Crippen LogP contribution in [0.15, 0.2) is 34.7 Å². The lowest BCUT2D eigenvalue weighted by Crippen LogP contribution is -2.17. The fourth-order valence-electron chi connectivity index (χ4n) is 1.94. The summed E-state index contributed by atoms with van der Waals surface area (Å²) < 4.78 is 5.57. The maximum atomic E-state index is 5.91. The van der Waals surface area contributed by atoms with E-state index in [9.17, 15) is 0 Å². The molecule has 2 aromatic rings. The van der Waals surface area contributed by atoms with Crippen LogP contribution in [0.4, 0.5) is 11.4 Å². The molecule has 0 saturated heterocycles. The molecule has 0 aliphatic heterocycles. The lowest BCUT2D eigenvalue weighted by atomic mass is 10.1. The molecule has 3 nitrogen and oxygen atoms in total. The van der Waals surface area contributed by atoms with Gasteiger partial charge in [0.25, 0.3) is 0 Å². The van der Waals surface area contributed by atoms with Gasteiger partial charge in [0.05, 0.1) is 6.54 Å². The first-order valence-corrected chi connectivity index (χ1v) is 5.69. The summed E-state index contributed by atoms with van der Waals surface area (Å²) in [4.78, 5) is 2.14. The average molecular weight is 230 g/mol. The highest BCUT2D eigenvalue weighted by Crippen LogP contribution is 2.25. The number of hydrogen-bond donors (Lipinski definition) is 1. The summed E-state index contributed by atoms with van der Waals surface area (Å²) in [5, 5.41) is 0. The first kappa shape index (κ1) is 11.6. The van der Waals surface area contributed by atoms with Crippen molar-refractivity contribution in [2.24, 2.45) is 0 Å². The van der Waals surface area contributed by atoms with Crippen molar-refractivity contribution < 1.29 is 4.42 Å². The molecule has 1 heterocycles. The molecule has 0 aliphatic carbocycles. The molecular weight excluding hydrogens is 212 g/mol. The molecule has 2 N–H and O–H groups in total. The van der Waals surface area contributed by atoms with Crippen LogP contribution >= 0.6 is 0 Å². The van der Waals surface area contributed by atoms with Crippen molar-refractivity contribution in [2.75, 3.05) is 17.7 Å². The molecule has 2 rings (SSSR count). The number of benzene rings is 1. The van der Waals surface area contributed by atoms with Crippen LogP contribution in [0.1, 0.15) is 17.1 Å². The number of hydrogen-bond acceptors (Lipinski definition) is 3. The topological polar surface area (TPSA) is 42.4 Å². The maximum absolute atomic E-state index is 5.91. The fraction of sp³-hybridized carbons (Fsp3) is 0.286. The highest BCUT2D eigenvalue weighted by molar-refractivity contribution is 5.63. The Morgan fingerprint density at radius 2 is 1.94 bits per heavy atom. The van der Waals surface area contributed by atoms with E-state index in [-0.39, 0.29) is 0 Å². The molecule has 0 radical (unpaired) electrons. The van der Waals surface area contributed by atoms with Gasteiger partial charge in [0.2, 0.25) is 0 Å². The summed E-state index contributed by atoms with van der Waals surface area (Å²) in [6, 6.07) is 9.95. The van der Waals surface area contributed by atoms with Crippen molar-refractivity contribution >= 4 is 11.4 Å². The van der Waals surface area contributed by atoms with Gasteiger partial charge in [0, 0.05) is 18.4 Å². The van der Waals surface area contributed by atoms with Gasteiger partial charge in [-0.15, -0.1) is 0 Å². The first-order chi connectivity index (χ1) is 8.08.